The zero-order chi connectivity index (χ0) is 20.9. The van der Waals surface area contributed by atoms with E-state index in [1.54, 1.807) is 12.1 Å². The number of primary sulfonamides is 1. The van der Waals surface area contributed by atoms with Crippen molar-refractivity contribution in [3.63, 3.8) is 0 Å². The molecule has 150 valence electrons. The molecule has 5 nitrogen and oxygen atoms in total. The van der Waals surface area contributed by atoms with Gasteiger partial charge in [-0.2, -0.15) is 0 Å². The van der Waals surface area contributed by atoms with Gasteiger partial charge in [0.25, 0.3) is 0 Å². The number of carbonyl (C=O) groups excluding carboxylic acids is 1. The third-order valence-corrected chi connectivity index (χ3v) is 5.81. The highest BCUT2D eigenvalue weighted by Crippen LogP contribution is 2.28. The first-order valence-electron chi connectivity index (χ1n) is 9.36. The number of hydrogen-bond acceptors (Lipinski definition) is 3. The van der Waals surface area contributed by atoms with Crippen LogP contribution in [0.2, 0.25) is 0 Å². The molecular weight excluding hydrogens is 384 g/mol. The van der Waals surface area contributed by atoms with Crippen LogP contribution in [0.25, 0.3) is 0 Å². The van der Waals surface area contributed by atoms with Crippen molar-refractivity contribution in [1.29, 1.82) is 0 Å². The van der Waals surface area contributed by atoms with Crippen LogP contribution in [0.4, 0.5) is 0 Å². The zero-order valence-electron chi connectivity index (χ0n) is 16.2. The molecule has 0 aliphatic carbocycles. The molecule has 0 saturated heterocycles. The lowest BCUT2D eigenvalue weighted by Crippen LogP contribution is -2.28. The second-order valence-corrected chi connectivity index (χ2v) is 8.54. The summed E-state index contributed by atoms with van der Waals surface area (Å²) in [5, 5.41) is 8.14. The Morgan fingerprint density at radius 2 is 1.31 bits per heavy atom. The number of benzene rings is 3. The number of rotatable bonds is 7. The lowest BCUT2D eigenvalue weighted by Gasteiger charge is -2.20. The van der Waals surface area contributed by atoms with Crippen LogP contribution in [0.5, 0.6) is 0 Å². The van der Waals surface area contributed by atoms with E-state index in [0.29, 0.717) is 6.42 Å². The van der Waals surface area contributed by atoms with Crippen molar-refractivity contribution in [2.75, 3.05) is 0 Å². The average Bonchev–Trinajstić information content (AvgIpc) is 2.73. The molecule has 0 fully saturated rings. The Morgan fingerprint density at radius 1 is 0.828 bits per heavy atom. The topological polar surface area (TPSA) is 89.3 Å². The summed E-state index contributed by atoms with van der Waals surface area (Å²) in [5.41, 5.74) is 2.97. The van der Waals surface area contributed by atoms with E-state index in [4.69, 9.17) is 5.14 Å². The van der Waals surface area contributed by atoms with Crippen LogP contribution < -0.4 is 10.5 Å². The molecule has 6 heteroatoms. The second kappa shape index (κ2) is 9.03. The van der Waals surface area contributed by atoms with E-state index in [9.17, 15) is 13.2 Å². The smallest absolute Gasteiger partial charge is 0.238 e. The SMILES string of the molecule is C[C@@H](NC(=O)CC(c1ccccc1)c1ccccc1)c1ccc(S(N)(=O)=O)cc1. The molecule has 3 aromatic rings. The van der Waals surface area contributed by atoms with Gasteiger partial charge in [0.15, 0.2) is 0 Å². The maximum absolute atomic E-state index is 12.8. The first kappa shape index (κ1) is 20.8. The Balaban J connectivity index is 1.73. The van der Waals surface area contributed by atoms with Gasteiger partial charge in [0.05, 0.1) is 10.9 Å². The molecule has 3 N–H and O–H groups in total. The van der Waals surface area contributed by atoms with E-state index in [1.165, 1.54) is 12.1 Å². The summed E-state index contributed by atoms with van der Waals surface area (Å²) >= 11 is 0. The van der Waals surface area contributed by atoms with E-state index >= 15 is 0 Å². The van der Waals surface area contributed by atoms with E-state index in [0.717, 1.165) is 16.7 Å². The van der Waals surface area contributed by atoms with Gasteiger partial charge in [-0.15, -0.1) is 0 Å². The number of nitrogens with one attached hydrogen (secondary N) is 1. The van der Waals surface area contributed by atoms with Crippen molar-refractivity contribution in [1.82, 2.24) is 5.32 Å². The summed E-state index contributed by atoms with van der Waals surface area (Å²) in [6.45, 7) is 1.86. The minimum atomic E-state index is -3.73. The first-order chi connectivity index (χ1) is 13.8. The van der Waals surface area contributed by atoms with E-state index in [1.807, 2.05) is 67.6 Å². The monoisotopic (exact) mass is 408 g/mol. The molecule has 1 amide bonds. The lowest BCUT2D eigenvalue weighted by atomic mass is 9.88. The minimum absolute atomic E-state index is 0.0469. The van der Waals surface area contributed by atoms with Gasteiger partial charge < -0.3 is 5.32 Å². The van der Waals surface area contributed by atoms with Gasteiger partial charge in [-0.1, -0.05) is 72.8 Å². The van der Waals surface area contributed by atoms with Gasteiger partial charge in [-0.3, -0.25) is 4.79 Å². The predicted molar refractivity (Wildman–Crippen MR) is 114 cm³/mol. The fourth-order valence-electron chi connectivity index (χ4n) is 3.31. The summed E-state index contributed by atoms with van der Waals surface area (Å²) in [5.74, 6) is -0.125. The van der Waals surface area contributed by atoms with Crippen molar-refractivity contribution in [2.45, 2.75) is 30.2 Å². The van der Waals surface area contributed by atoms with Gasteiger partial charge in [-0.25, -0.2) is 13.6 Å². The highest BCUT2D eigenvalue weighted by molar-refractivity contribution is 7.89. The van der Waals surface area contributed by atoms with Gasteiger partial charge in [0.2, 0.25) is 15.9 Å². The van der Waals surface area contributed by atoms with Crippen LogP contribution in [-0.4, -0.2) is 14.3 Å². The van der Waals surface area contributed by atoms with Crippen molar-refractivity contribution in [3.8, 4) is 0 Å². The number of sulfonamides is 1. The molecule has 29 heavy (non-hydrogen) atoms. The number of carbonyl (C=O) groups is 1. The van der Waals surface area contributed by atoms with Crippen molar-refractivity contribution in [2.24, 2.45) is 5.14 Å². The standard InChI is InChI=1S/C23H24N2O3S/c1-17(18-12-14-21(15-13-18)29(24,27)28)25-23(26)16-22(19-8-4-2-5-9-19)20-10-6-3-7-11-20/h2-15,17,22H,16H2,1H3,(H,25,26)(H2,24,27,28)/t17-/m1/s1. The van der Waals surface area contributed by atoms with Crippen molar-refractivity contribution in [3.05, 3.63) is 102 Å². The zero-order valence-corrected chi connectivity index (χ0v) is 17.0. The molecule has 0 aromatic heterocycles. The molecule has 0 unspecified atom stereocenters. The Labute approximate surface area is 171 Å². The molecule has 0 saturated carbocycles. The van der Waals surface area contributed by atoms with Crippen molar-refractivity contribution >= 4 is 15.9 Å². The predicted octanol–water partition coefficient (Wildman–Crippen LogP) is 3.73. The van der Waals surface area contributed by atoms with Crippen molar-refractivity contribution < 1.29 is 13.2 Å². The van der Waals surface area contributed by atoms with Crippen LogP contribution in [-0.2, 0) is 14.8 Å². The fourth-order valence-corrected chi connectivity index (χ4v) is 3.83. The van der Waals surface area contributed by atoms with Crippen LogP contribution >= 0.6 is 0 Å². The van der Waals surface area contributed by atoms with Gasteiger partial charge >= 0.3 is 0 Å². The number of amides is 1. The largest absolute Gasteiger partial charge is 0.350 e. The minimum Gasteiger partial charge on any atom is -0.350 e. The van der Waals surface area contributed by atoms with Crippen LogP contribution in [0.3, 0.4) is 0 Å². The Kier molecular flexibility index (Phi) is 6.46. The highest BCUT2D eigenvalue weighted by Gasteiger charge is 2.19. The molecule has 1 atom stereocenters. The first-order valence-corrected chi connectivity index (χ1v) is 10.9. The molecule has 0 aliphatic heterocycles. The number of hydrogen-bond donors (Lipinski definition) is 2. The molecule has 0 bridgehead atoms. The maximum atomic E-state index is 12.8. The Morgan fingerprint density at radius 3 is 1.76 bits per heavy atom. The normalized spacial score (nSPS) is 12.5. The van der Waals surface area contributed by atoms with Crippen LogP contribution in [0.15, 0.2) is 89.8 Å². The molecule has 3 rings (SSSR count). The lowest BCUT2D eigenvalue weighted by molar-refractivity contribution is -0.121. The Bertz CT molecular complexity index is 1010. The molecule has 3 aromatic carbocycles. The summed E-state index contributed by atoms with van der Waals surface area (Å²) < 4.78 is 22.8. The molecule has 0 spiro atoms. The number of nitrogens with two attached hydrogens (primary N) is 1. The molecule has 0 radical (unpaired) electrons. The van der Waals surface area contributed by atoms with Crippen LogP contribution in [0.1, 0.15) is 42.0 Å². The summed E-state index contributed by atoms with van der Waals surface area (Å²) in [7, 11) is -3.73. The average molecular weight is 409 g/mol. The quantitative estimate of drug-likeness (QED) is 0.624. The summed E-state index contributed by atoms with van der Waals surface area (Å²) in [6, 6.07) is 25.9. The molecule has 0 heterocycles. The summed E-state index contributed by atoms with van der Waals surface area (Å²) in [6.07, 6.45) is 0.313. The van der Waals surface area contributed by atoms with Gasteiger partial charge in [0.1, 0.15) is 0 Å². The van der Waals surface area contributed by atoms with Gasteiger partial charge in [0, 0.05) is 12.3 Å². The fraction of sp³-hybridized carbons (Fsp3) is 0.174. The van der Waals surface area contributed by atoms with E-state index in [-0.39, 0.29) is 22.8 Å². The van der Waals surface area contributed by atoms with E-state index in [2.05, 4.69) is 5.32 Å². The van der Waals surface area contributed by atoms with Gasteiger partial charge in [-0.05, 0) is 35.7 Å². The molecule has 0 aliphatic rings. The van der Waals surface area contributed by atoms with E-state index < -0.39 is 10.0 Å². The Hall–Kier alpha value is -2.96. The third-order valence-electron chi connectivity index (χ3n) is 4.88. The summed E-state index contributed by atoms with van der Waals surface area (Å²) in [4.78, 5) is 12.8. The maximum Gasteiger partial charge on any atom is 0.238 e. The van der Waals surface area contributed by atoms with Crippen LogP contribution in [0, 0.1) is 0 Å². The second-order valence-electron chi connectivity index (χ2n) is 6.98. The highest BCUT2D eigenvalue weighted by atomic mass is 32.2. The third kappa shape index (κ3) is 5.53. The molecular formula is C23H24N2O3S.